The van der Waals surface area contributed by atoms with Crippen LogP contribution in [0, 0.1) is 0 Å². The van der Waals surface area contributed by atoms with E-state index in [4.69, 9.17) is 14.3 Å². The number of nitrogens with zero attached hydrogens (tertiary/aromatic N) is 1. The van der Waals surface area contributed by atoms with Gasteiger partial charge in [-0.15, -0.1) is 0 Å². The van der Waals surface area contributed by atoms with Crippen LogP contribution in [-0.2, 0) is 23.9 Å². The number of aliphatic hydroxyl groups excluding tert-OH is 1. The quantitative estimate of drug-likeness (QED) is 0.231. The number of ether oxygens (including phenoxy) is 2. The van der Waals surface area contributed by atoms with Crippen LogP contribution in [0.15, 0.2) is 72.8 Å². The molecular formula is C29H26N2O8. The summed E-state index contributed by atoms with van der Waals surface area (Å²) in [6.07, 6.45) is -2.04. The molecule has 5 rings (SSSR count). The fourth-order valence-electron chi connectivity index (χ4n) is 4.92. The van der Waals surface area contributed by atoms with Crippen LogP contribution in [0.5, 0.6) is 0 Å². The molecule has 10 heteroatoms. The molecule has 200 valence electrons. The van der Waals surface area contributed by atoms with Crippen molar-refractivity contribution in [3.63, 3.8) is 0 Å². The number of amides is 2. The monoisotopic (exact) mass is 530 g/mol. The number of imide groups is 1. The van der Waals surface area contributed by atoms with E-state index in [1.807, 2.05) is 48.5 Å². The van der Waals surface area contributed by atoms with Gasteiger partial charge in [0.05, 0.1) is 31.3 Å². The fraction of sp³-hybridized carbons (Fsp3) is 0.241. The number of hydroxylamine groups is 2. The van der Waals surface area contributed by atoms with Crippen molar-refractivity contribution >= 4 is 23.8 Å². The molecule has 0 bridgehead atoms. The van der Waals surface area contributed by atoms with Crippen LogP contribution in [0.4, 0.5) is 0 Å². The number of methoxy groups -OCH3 is 1. The molecule has 3 aromatic rings. The summed E-state index contributed by atoms with van der Waals surface area (Å²) in [5.74, 6) is -3.24. The van der Waals surface area contributed by atoms with E-state index >= 15 is 0 Å². The highest BCUT2D eigenvalue weighted by Gasteiger charge is 2.39. The SMILES string of the molecule is COC(=O)[C@H](CCC(=O)ON1C(=O)c2ccccc2C1=O)NC(O)OCC1c2ccccc2-c2ccccc21. The summed E-state index contributed by atoms with van der Waals surface area (Å²) >= 11 is 0. The van der Waals surface area contributed by atoms with E-state index < -0.39 is 36.2 Å². The van der Waals surface area contributed by atoms with Gasteiger partial charge in [-0.3, -0.25) is 19.7 Å². The molecule has 0 spiro atoms. The standard InChI is InChI=1S/C29H26N2O8/c1-37-28(35)24(14-15-25(32)39-31-26(33)21-12-6-7-13-22(21)27(31)34)30-29(36)38-16-23-19-10-4-2-8-17(19)18-9-3-5-11-20(18)23/h2-13,23-24,29-30,36H,14-16H2,1H3/t24-,29?/m0/s1. The smallest absolute Gasteiger partial charge is 0.333 e. The van der Waals surface area contributed by atoms with Gasteiger partial charge in [-0.2, -0.15) is 0 Å². The number of aliphatic hydroxyl groups is 1. The zero-order valence-corrected chi connectivity index (χ0v) is 21.0. The average Bonchev–Trinajstić information content (AvgIpc) is 3.41. The Kier molecular flexibility index (Phi) is 7.51. The zero-order valence-electron chi connectivity index (χ0n) is 21.0. The minimum Gasteiger partial charge on any atom is -0.468 e. The molecule has 3 aromatic carbocycles. The average molecular weight is 531 g/mol. The van der Waals surface area contributed by atoms with E-state index in [0.717, 1.165) is 22.3 Å². The number of nitrogens with one attached hydrogen (secondary N) is 1. The number of carbonyl (C=O) groups excluding carboxylic acids is 4. The molecule has 0 radical (unpaired) electrons. The Morgan fingerprint density at radius 1 is 0.872 bits per heavy atom. The number of hydrogen-bond acceptors (Lipinski definition) is 9. The van der Waals surface area contributed by atoms with Crippen molar-refractivity contribution in [2.75, 3.05) is 13.7 Å². The van der Waals surface area contributed by atoms with E-state index in [-0.39, 0.29) is 36.5 Å². The Balaban J connectivity index is 1.17. The van der Waals surface area contributed by atoms with Crippen molar-refractivity contribution in [1.29, 1.82) is 0 Å². The Labute approximate surface area is 224 Å². The van der Waals surface area contributed by atoms with E-state index in [2.05, 4.69) is 5.32 Å². The molecule has 2 amide bonds. The third-order valence-corrected chi connectivity index (χ3v) is 6.80. The lowest BCUT2D eigenvalue weighted by molar-refractivity contribution is -0.170. The van der Waals surface area contributed by atoms with Gasteiger partial charge < -0.3 is 19.4 Å². The summed E-state index contributed by atoms with van der Waals surface area (Å²) in [7, 11) is 1.17. The van der Waals surface area contributed by atoms with E-state index in [1.165, 1.54) is 19.2 Å². The molecule has 2 N–H and O–H groups in total. The summed E-state index contributed by atoms with van der Waals surface area (Å²) in [6, 6.07) is 20.9. The second-order valence-corrected chi connectivity index (χ2v) is 9.11. The predicted molar refractivity (Wildman–Crippen MR) is 137 cm³/mol. The number of hydrogen-bond donors (Lipinski definition) is 2. The van der Waals surface area contributed by atoms with Gasteiger partial charge in [-0.1, -0.05) is 65.7 Å². The molecule has 0 fully saturated rings. The molecule has 2 atom stereocenters. The maximum Gasteiger partial charge on any atom is 0.333 e. The molecule has 0 saturated carbocycles. The second kappa shape index (κ2) is 11.2. The van der Waals surface area contributed by atoms with Gasteiger partial charge in [0.2, 0.25) is 6.41 Å². The van der Waals surface area contributed by atoms with Crippen LogP contribution in [0.3, 0.4) is 0 Å². The summed E-state index contributed by atoms with van der Waals surface area (Å²) < 4.78 is 10.5. The maximum absolute atomic E-state index is 12.4. The Morgan fingerprint density at radius 2 is 1.38 bits per heavy atom. The molecule has 1 heterocycles. The lowest BCUT2D eigenvalue weighted by Gasteiger charge is -2.22. The molecule has 1 aliphatic heterocycles. The minimum atomic E-state index is -1.54. The van der Waals surface area contributed by atoms with E-state index in [9.17, 15) is 24.3 Å². The number of benzene rings is 3. The number of esters is 1. The van der Waals surface area contributed by atoms with Crippen LogP contribution in [0.25, 0.3) is 11.1 Å². The topological polar surface area (TPSA) is 131 Å². The Morgan fingerprint density at radius 3 is 1.92 bits per heavy atom. The summed E-state index contributed by atoms with van der Waals surface area (Å²) in [4.78, 5) is 54.6. The first-order valence-electron chi connectivity index (χ1n) is 12.4. The van der Waals surface area contributed by atoms with Crippen LogP contribution in [-0.4, -0.2) is 60.1 Å². The van der Waals surface area contributed by atoms with Crippen molar-refractivity contribution in [1.82, 2.24) is 10.4 Å². The van der Waals surface area contributed by atoms with Gasteiger partial charge in [-0.05, 0) is 40.8 Å². The molecule has 2 aliphatic rings. The van der Waals surface area contributed by atoms with Gasteiger partial charge in [0, 0.05) is 5.92 Å². The fourth-order valence-corrected chi connectivity index (χ4v) is 4.92. The highest BCUT2D eigenvalue weighted by molar-refractivity contribution is 6.20. The molecule has 0 saturated heterocycles. The zero-order chi connectivity index (χ0) is 27.5. The number of rotatable bonds is 10. The van der Waals surface area contributed by atoms with Crippen LogP contribution in [0.2, 0.25) is 0 Å². The van der Waals surface area contributed by atoms with Crippen molar-refractivity contribution in [3.05, 3.63) is 95.1 Å². The molecule has 1 unspecified atom stereocenters. The number of carbonyl (C=O) groups is 4. The first-order valence-corrected chi connectivity index (χ1v) is 12.4. The lowest BCUT2D eigenvalue weighted by Crippen LogP contribution is -2.46. The van der Waals surface area contributed by atoms with Gasteiger partial charge >= 0.3 is 11.9 Å². The van der Waals surface area contributed by atoms with Crippen molar-refractivity contribution in [3.8, 4) is 11.1 Å². The normalized spacial score (nSPS) is 15.4. The van der Waals surface area contributed by atoms with Crippen molar-refractivity contribution in [2.45, 2.75) is 31.2 Å². The Bertz CT molecular complexity index is 1360. The second-order valence-electron chi connectivity index (χ2n) is 9.11. The molecular weight excluding hydrogens is 504 g/mol. The highest BCUT2D eigenvalue weighted by Crippen LogP contribution is 2.44. The van der Waals surface area contributed by atoms with Crippen molar-refractivity contribution in [2.24, 2.45) is 0 Å². The Hall–Kier alpha value is -4.38. The largest absolute Gasteiger partial charge is 0.468 e. The lowest BCUT2D eigenvalue weighted by atomic mass is 9.98. The van der Waals surface area contributed by atoms with Crippen LogP contribution < -0.4 is 5.32 Å². The highest BCUT2D eigenvalue weighted by atomic mass is 16.7. The predicted octanol–water partition coefficient (Wildman–Crippen LogP) is 2.76. The molecule has 39 heavy (non-hydrogen) atoms. The summed E-state index contributed by atoms with van der Waals surface area (Å²) in [6.45, 7) is 0.137. The van der Waals surface area contributed by atoms with Gasteiger partial charge in [0.25, 0.3) is 11.8 Å². The minimum absolute atomic E-state index is 0.111. The molecule has 10 nitrogen and oxygen atoms in total. The summed E-state index contributed by atoms with van der Waals surface area (Å²) in [5, 5.41) is 13.6. The first-order chi connectivity index (χ1) is 18.9. The maximum atomic E-state index is 12.4. The van der Waals surface area contributed by atoms with Crippen LogP contribution in [0.1, 0.15) is 50.6 Å². The van der Waals surface area contributed by atoms with Gasteiger partial charge in [0.15, 0.2) is 0 Å². The van der Waals surface area contributed by atoms with Gasteiger partial charge in [-0.25, -0.2) is 4.79 Å². The third kappa shape index (κ3) is 5.17. The third-order valence-electron chi connectivity index (χ3n) is 6.80. The summed E-state index contributed by atoms with van der Waals surface area (Å²) in [5.41, 5.74) is 4.63. The van der Waals surface area contributed by atoms with Crippen molar-refractivity contribution < 1.29 is 38.6 Å². The van der Waals surface area contributed by atoms with Gasteiger partial charge in [0.1, 0.15) is 6.04 Å². The van der Waals surface area contributed by atoms with E-state index in [0.29, 0.717) is 5.06 Å². The van der Waals surface area contributed by atoms with Crippen LogP contribution >= 0.6 is 0 Å². The van der Waals surface area contributed by atoms with E-state index in [1.54, 1.807) is 12.1 Å². The first kappa shape index (κ1) is 26.2. The molecule has 1 aliphatic carbocycles. The number of fused-ring (bicyclic) bond motifs is 4. The molecule has 0 aromatic heterocycles.